The van der Waals surface area contributed by atoms with Gasteiger partial charge < -0.3 is 15.7 Å². The minimum absolute atomic E-state index is 0.00523. The van der Waals surface area contributed by atoms with Crippen molar-refractivity contribution in [2.24, 2.45) is 0 Å². The van der Waals surface area contributed by atoms with Crippen LogP contribution in [0.4, 0.5) is 10.5 Å². The molecule has 0 fully saturated rings. The van der Waals surface area contributed by atoms with E-state index in [2.05, 4.69) is 15.7 Å². The Morgan fingerprint density at radius 2 is 2.15 bits per heavy atom. The lowest BCUT2D eigenvalue weighted by molar-refractivity contribution is -0.137. The highest BCUT2D eigenvalue weighted by atomic mass is 32.2. The van der Waals surface area contributed by atoms with E-state index in [4.69, 9.17) is 5.11 Å². The van der Waals surface area contributed by atoms with Crippen molar-refractivity contribution >= 4 is 27.5 Å². The van der Waals surface area contributed by atoms with Crippen molar-refractivity contribution in [1.29, 1.82) is 0 Å². The molecular formula is C10H16N4O5S. The van der Waals surface area contributed by atoms with E-state index in [1.54, 1.807) is 0 Å². The molecule has 0 spiro atoms. The van der Waals surface area contributed by atoms with Gasteiger partial charge in [0, 0.05) is 18.5 Å². The van der Waals surface area contributed by atoms with Crippen molar-refractivity contribution in [3.05, 3.63) is 12.4 Å². The van der Waals surface area contributed by atoms with Gasteiger partial charge in [0.25, 0.3) is 0 Å². The standard InChI is InChI=1S/C10H16N4O5S/c1-2-20(18,19)4-3-11-10(17)13-8-5-12-14(6-8)7-9(15)16/h5-6H,2-4,7H2,1H3,(H,15,16)(H2,11,13,17). The van der Waals surface area contributed by atoms with E-state index in [0.717, 1.165) is 4.68 Å². The molecule has 1 aromatic heterocycles. The highest BCUT2D eigenvalue weighted by Gasteiger charge is 2.09. The number of rotatable bonds is 7. The van der Waals surface area contributed by atoms with Crippen LogP contribution < -0.4 is 10.6 Å². The number of nitrogens with one attached hydrogen (secondary N) is 2. The maximum absolute atomic E-state index is 11.4. The molecule has 0 aliphatic carbocycles. The summed E-state index contributed by atoms with van der Waals surface area (Å²) < 4.78 is 23.6. The van der Waals surface area contributed by atoms with Gasteiger partial charge in [0.15, 0.2) is 9.84 Å². The smallest absolute Gasteiger partial charge is 0.325 e. The van der Waals surface area contributed by atoms with Gasteiger partial charge in [-0.1, -0.05) is 6.92 Å². The molecule has 20 heavy (non-hydrogen) atoms. The third-order valence-corrected chi connectivity index (χ3v) is 4.03. The fraction of sp³-hybridized carbons (Fsp3) is 0.500. The van der Waals surface area contributed by atoms with E-state index in [-0.39, 0.29) is 24.6 Å². The lowest BCUT2D eigenvalue weighted by Gasteiger charge is -2.05. The molecule has 0 saturated heterocycles. The predicted octanol–water partition coefficient (Wildman–Crippen LogP) is -0.476. The fourth-order valence-corrected chi connectivity index (χ4v) is 1.99. The molecule has 0 unspecified atom stereocenters. The molecule has 0 saturated carbocycles. The van der Waals surface area contributed by atoms with Crippen LogP contribution >= 0.6 is 0 Å². The van der Waals surface area contributed by atoms with Gasteiger partial charge >= 0.3 is 12.0 Å². The number of amides is 2. The molecule has 112 valence electrons. The predicted molar refractivity (Wildman–Crippen MR) is 71.2 cm³/mol. The van der Waals surface area contributed by atoms with Crippen LogP contribution in [0.2, 0.25) is 0 Å². The van der Waals surface area contributed by atoms with Crippen LogP contribution in [0.3, 0.4) is 0 Å². The van der Waals surface area contributed by atoms with Gasteiger partial charge in [-0.15, -0.1) is 0 Å². The molecule has 10 heteroatoms. The molecule has 0 aliphatic heterocycles. The zero-order chi connectivity index (χ0) is 15.2. The fourth-order valence-electron chi connectivity index (χ4n) is 1.29. The molecule has 0 radical (unpaired) electrons. The van der Waals surface area contributed by atoms with E-state index in [9.17, 15) is 18.0 Å². The first-order valence-electron chi connectivity index (χ1n) is 5.82. The Hall–Kier alpha value is -2.10. The van der Waals surface area contributed by atoms with Crippen molar-refractivity contribution in [1.82, 2.24) is 15.1 Å². The molecule has 0 aliphatic rings. The quantitative estimate of drug-likeness (QED) is 0.624. The number of carboxylic acids is 1. The van der Waals surface area contributed by atoms with Crippen molar-refractivity contribution < 1.29 is 23.1 Å². The summed E-state index contributed by atoms with van der Waals surface area (Å²) in [7, 11) is -3.12. The van der Waals surface area contributed by atoms with E-state index in [1.807, 2.05) is 0 Å². The van der Waals surface area contributed by atoms with Crippen molar-refractivity contribution in [2.45, 2.75) is 13.5 Å². The van der Waals surface area contributed by atoms with Crippen LogP contribution in [0.5, 0.6) is 0 Å². The van der Waals surface area contributed by atoms with Gasteiger partial charge in [0.1, 0.15) is 6.54 Å². The SMILES string of the molecule is CCS(=O)(=O)CCNC(=O)Nc1cnn(CC(=O)O)c1. The molecule has 1 rings (SSSR count). The molecule has 1 heterocycles. The Bertz CT molecular complexity index is 580. The molecule has 0 atom stereocenters. The number of anilines is 1. The van der Waals surface area contributed by atoms with Gasteiger partial charge in [-0.25, -0.2) is 13.2 Å². The largest absolute Gasteiger partial charge is 0.480 e. The van der Waals surface area contributed by atoms with Crippen LogP contribution in [0.25, 0.3) is 0 Å². The molecule has 9 nitrogen and oxygen atoms in total. The molecular weight excluding hydrogens is 288 g/mol. The number of carbonyl (C=O) groups is 2. The van der Waals surface area contributed by atoms with E-state index in [1.165, 1.54) is 19.3 Å². The number of aromatic nitrogens is 2. The highest BCUT2D eigenvalue weighted by molar-refractivity contribution is 7.91. The number of carbonyl (C=O) groups excluding carboxylic acids is 1. The topological polar surface area (TPSA) is 130 Å². The number of urea groups is 1. The lowest BCUT2D eigenvalue weighted by Crippen LogP contribution is -2.33. The summed E-state index contributed by atoms with van der Waals surface area (Å²) in [5, 5.41) is 17.1. The minimum Gasteiger partial charge on any atom is -0.480 e. The van der Waals surface area contributed by atoms with Crippen LogP contribution in [0.15, 0.2) is 12.4 Å². The van der Waals surface area contributed by atoms with Crippen molar-refractivity contribution in [2.75, 3.05) is 23.4 Å². The first kappa shape index (κ1) is 16.0. The van der Waals surface area contributed by atoms with Gasteiger partial charge in [0.05, 0.1) is 17.6 Å². The Labute approximate surface area is 115 Å². The maximum Gasteiger partial charge on any atom is 0.325 e. The third kappa shape index (κ3) is 5.69. The summed E-state index contributed by atoms with van der Waals surface area (Å²) in [4.78, 5) is 21.9. The second-order valence-corrected chi connectivity index (χ2v) is 6.41. The van der Waals surface area contributed by atoms with Crippen molar-refractivity contribution in [3.8, 4) is 0 Å². The summed E-state index contributed by atoms with van der Waals surface area (Å²) in [5.74, 6) is -1.15. The Morgan fingerprint density at radius 3 is 2.75 bits per heavy atom. The third-order valence-electron chi connectivity index (χ3n) is 2.33. The number of aliphatic carboxylic acids is 1. The Morgan fingerprint density at radius 1 is 1.45 bits per heavy atom. The Balaban J connectivity index is 2.39. The summed E-state index contributed by atoms with van der Waals surface area (Å²) in [6.45, 7) is 1.23. The Kier molecular flexibility index (Phi) is 5.50. The van der Waals surface area contributed by atoms with E-state index in [0.29, 0.717) is 5.69 Å². The normalized spacial score (nSPS) is 11.1. The first-order valence-corrected chi connectivity index (χ1v) is 7.64. The van der Waals surface area contributed by atoms with Crippen LogP contribution in [-0.2, 0) is 21.2 Å². The van der Waals surface area contributed by atoms with Crippen LogP contribution in [0, 0.1) is 0 Å². The summed E-state index contributed by atoms with van der Waals surface area (Å²) in [6, 6.07) is -0.578. The van der Waals surface area contributed by atoms with Crippen LogP contribution in [0.1, 0.15) is 6.92 Å². The van der Waals surface area contributed by atoms with E-state index < -0.39 is 21.8 Å². The molecule has 0 aromatic carbocycles. The average molecular weight is 304 g/mol. The summed E-state index contributed by atoms with van der Waals surface area (Å²) in [6.07, 6.45) is 2.65. The zero-order valence-electron chi connectivity index (χ0n) is 10.9. The highest BCUT2D eigenvalue weighted by Crippen LogP contribution is 2.04. The van der Waals surface area contributed by atoms with Gasteiger partial charge in [0.2, 0.25) is 0 Å². The number of carboxylic acid groups (broad SMARTS) is 1. The molecule has 3 N–H and O–H groups in total. The molecule has 2 amide bonds. The number of nitrogens with zero attached hydrogens (tertiary/aromatic N) is 2. The maximum atomic E-state index is 11.4. The van der Waals surface area contributed by atoms with Gasteiger partial charge in [-0.2, -0.15) is 5.10 Å². The van der Waals surface area contributed by atoms with E-state index >= 15 is 0 Å². The van der Waals surface area contributed by atoms with Crippen LogP contribution in [-0.4, -0.2) is 53.4 Å². The van der Waals surface area contributed by atoms with Gasteiger partial charge in [-0.05, 0) is 0 Å². The van der Waals surface area contributed by atoms with Gasteiger partial charge in [-0.3, -0.25) is 9.48 Å². The minimum atomic E-state index is -3.12. The lowest BCUT2D eigenvalue weighted by atomic mass is 10.5. The monoisotopic (exact) mass is 304 g/mol. The number of hydrogen-bond donors (Lipinski definition) is 3. The average Bonchev–Trinajstić information content (AvgIpc) is 2.75. The number of sulfone groups is 1. The second-order valence-electron chi connectivity index (χ2n) is 3.94. The summed E-state index contributed by atoms with van der Waals surface area (Å²) >= 11 is 0. The first-order chi connectivity index (χ1) is 9.32. The zero-order valence-corrected chi connectivity index (χ0v) is 11.7. The second kappa shape index (κ2) is 6.89. The molecule has 1 aromatic rings. The number of hydrogen-bond acceptors (Lipinski definition) is 5. The van der Waals surface area contributed by atoms with Crippen molar-refractivity contribution in [3.63, 3.8) is 0 Å². The summed E-state index contributed by atoms with van der Waals surface area (Å²) in [5.41, 5.74) is 0.321. The molecule has 0 bridgehead atoms.